The van der Waals surface area contributed by atoms with Crippen LogP contribution in [0.3, 0.4) is 0 Å². The van der Waals surface area contributed by atoms with Crippen LogP contribution in [0.25, 0.3) is 0 Å². The Bertz CT molecular complexity index is 457. The minimum absolute atomic E-state index is 0.135. The number of amides is 3. The van der Waals surface area contributed by atoms with Crippen molar-refractivity contribution in [2.45, 2.75) is 52.7 Å². The van der Waals surface area contributed by atoms with E-state index < -0.39 is 17.7 Å². The van der Waals surface area contributed by atoms with Crippen LogP contribution in [0.15, 0.2) is 0 Å². The molecule has 0 aromatic rings. The summed E-state index contributed by atoms with van der Waals surface area (Å²) in [6.45, 7) is 10.5. The summed E-state index contributed by atoms with van der Waals surface area (Å²) >= 11 is 0. The molecule has 1 rings (SSSR count). The molecule has 0 aliphatic carbocycles. The number of carbonyl (C=O) groups is 3. The molecule has 7 heteroatoms. The van der Waals surface area contributed by atoms with Gasteiger partial charge in [-0.2, -0.15) is 0 Å². The predicted molar refractivity (Wildman–Crippen MR) is 86.7 cm³/mol. The number of nitrogens with one attached hydrogen (secondary N) is 2. The highest BCUT2D eigenvalue weighted by Gasteiger charge is 2.36. The number of alkyl carbamates (subject to hydrolysis) is 1. The summed E-state index contributed by atoms with van der Waals surface area (Å²) in [6.07, 6.45) is -0.255. The van der Waals surface area contributed by atoms with Gasteiger partial charge >= 0.3 is 6.09 Å². The number of hydrogen-bond acceptors (Lipinski definition) is 5. The van der Waals surface area contributed by atoms with Crippen molar-refractivity contribution in [3.8, 4) is 0 Å². The van der Waals surface area contributed by atoms with Crippen molar-refractivity contribution >= 4 is 17.9 Å². The Morgan fingerprint density at radius 2 is 1.91 bits per heavy atom. The van der Waals surface area contributed by atoms with Gasteiger partial charge in [0.25, 0.3) is 0 Å². The number of hydrogen-bond donors (Lipinski definition) is 2. The molecule has 1 aliphatic rings. The molecular weight excluding hydrogens is 298 g/mol. The van der Waals surface area contributed by atoms with Gasteiger partial charge in [0, 0.05) is 20.1 Å². The second kappa shape index (κ2) is 7.77. The van der Waals surface area contributed by atoms with E-state index in [1.54, 1.807) is 0 Å². The monoisotopic (exact) mass is 327 g/mol. The third-order valence-corrected chi connectivity index (χ3v) is 3.86. The average Bonchev–Trinajstić information content (AvgIpc) is 2.64. The van der Waals surface area contributed by atoms with Gasteiger partial charge < -0.3 is 15.4 Å². The van der Waals surface area contributed by atoms with Crippen LogP contribution in [0, 0.1) is 11.8 Å². The Labute approximate surface area is 138 Å². The molecule has 0 aromatic heterocycles. The van der Waals surface area contributed by atoms with Crippen molar-refractivity contribution in [1.29, 1.82) is 0 Å². The van der Waals surface area contributed by atoms with Crippen LogP contribution in [0.5, 0.6) is 0 Å². The van der Waals surface area contributed by atoms with Gasteiger partial charge in [0.1, 0.15) is 5.60 Å². The molecule has 2 atom stereocenters. The fraction of sp³-hybridized carbons (Fsp3) is 0.812. The van der Waals surface area contributed by atoms with Crippen molar-refractivity contribution in [3.63, 3.8) is 0 Å². The summed E-state index contributed by atoms with van der Waals surface area (Å²) in [6, 6.07) is -0.463. The van der Waals surface area contributed by atoms with E-state index in [0.717, 1.165) is 4.90 Å². The van der Waals surface area contributed by atoms with E-state index >= 15 is 0 Å². The SMILES string of the molecule is CC(C)C(CNC(=O)OC(C)(C)C)CNC1CC(=O)N(C)C1=O. The van der Waals surface area contributed by atoms with E-state index in [9.17, 15) is 14.4 Å². The van der Waals surface area contributed by atoms with Crippen molar-refractivity contribution in [1.82, 2.24) is 15.5 Å². The zero-order valence-corrected chi connectivity index (χ0v) is 14.9. The number of carbonyl (C=O) groups excluding carboxylic acids is 3. The van der Waals surface area contributed by atoms with E-state index in [1.165, 1.54) is 7.05 Å². The van der Waals surface area contributed by atoms with Gasteiger partial charge in [-0.05, 0) is 32.6 Å². The standard InChI is InChI=1S/C16H29N3O4/c1-10(2)11(9-18-15(22)23-16(3,4)5)8-17-12-7-13(20)19(6)14(12)21/h10-12,17H,7-9H2,1-6H3,(H,18,22). The lowest BCUT2D eigenvalue weighted by Gasteiger charge is -2.25. The predicted octanol–water partition coefficient (Wildman–Crippen LogP) is 1.13. The van der Waals surface area contributed by atoms with Gasteiger partial charge in [0.05, 0.1) is 12.5 Å². The highest BCUT2D eigenvalue weighted by atomic mass is 16.6. The van der Waals surface area contributed by atoms with Crippen molar-refractivity contribution < 1.29 is 19.1 Å². The lowest BCUT2D eigenvalue weighted by atomic mass is 9.95. The molecule has 0 spiro atoms. The van der Waals surface area contributed by atoms with Crippen LogP contribution in [0.2, 0.25) is 0 Å². The smallest absolute Gasteiger partial charge is 0.407 e. The van der Waals surface area contributed by atoms with Gasteiger partial charge in [-0.25, -0.2) is 4.79 Å². The Kier molecular flexibility index (Phi) is 6.56. The highest BCUT2D eigenvalue weighted by Crippen LogP contribution is 2.14. The fourth-order valence-electron chi connectivity index (χ4n) is 2.28. The molecule has 0 saturated carbocycles. The quantitative estimate of drug-likeness (QED) is 0.714. The lowest BCUT2D eigenvalue weighted by molar-refractivity contribution is -0.137. The second-order valence-corrected chi connectivity index (χ2v) is 7.34. The van der Waals surface area contributed by atoms with E-state index in [0.29, 0.717) is 19.0 Å². The van der Waals surface area contributed by atoms with Crippen LogP contribution < -0.4 is 10.6 Å². The van der Waals surface area contributed by atoms with Gasteiger partial charge in [0.15, 0.2) is 0 Å². The Hall–Kier alpha value is -1.63. The highest BCUT2D eigenvalue weighted by molar-refractivity contribution is 6.05. The van der Waals surface area contributed by atoms with Crippen LogP contribution in [0.4, 0.5) is 4.79 Å². The third kappa shape index (κ3) is 6.17. The maximum absolute atomic E-state index is 11.9. The number of ether oxygens (including phenoxy) is 1. The van der Waals surface area contributed by atoms with Crippen LogP contribution in [0.1, 0.15) is 41.0 Å². The molecule has 3 amide bonds. The average molecular weight is 327 g/mol. The summed E-state index contributed by atoms with van der Waals surface area (Å²) in [5.74, 6) is 0.0804. The Morgan fingerprint density at radius 3 is 2.35 bits per heavy atom. The summed E-state index contributed by atoms with van der Waals surface area (Å²) in [5, 5.41) is 5.90. The minimum Gasteiger partial charge on any atom is -0.444 e. The number of likely N-dealkylation sites (tertiary alicyclic amines) is 1. The number of rotatable bonds is 6. The Balaban J connectivity index is 2.46. The molecule has 0 aromatic carbocycles. The van der Waals surface area contributed by atoms with Crippen molar-refractivity contribution in [2.75, 3.05) is 20.1 Å². The largest absolute Gasteiger partial charge is 0.444 e. The molecule has 132 valence electrons. The van der Waals surface area contributed by atoms with E-state index in [4.69, 9.17) is 4.74 Å². The molecule has 1 fully saturated rings. The summed E-state index contributed by atoms with van der Waals surface area (Å²) in [4.78, 5) is 36.3. The van der Waals surface area contributed by atoms with E-state index in [1.807, 2.05) is 20.8 Å². The molecule has 2 N–H and O–H groups in total. The molecule has 1 heterocycles. The van der Waals surface area contributed by atoms with Crippen LogP contribution in [-0.4, -0.2) is 54.6 Å². The van der Waals surface area contributed by atoms with E-state index in [-0.39, 0.29) is 24.2 Å². The minimum atomic E-state index is -0.531. The number of likely N-dealkylation sites (N-methyl/N-ethyl adjacent to an activating group) is 1. The van der Waals surface area contributed by atoms with E-state index in [2.05, 4.69) is 24.5 Å². The summed E-state index contributed by atoms with van der Waals surface area (Å²) in [5.41, 5.74) is -0.531. The topological polar surface area (TPSA) is 87.7 Å². The normalized spacial score (nSPS) is 20.1. The van der Waals surface area contributed by atoms with Gasteiger partial charge in [0.2, 0.25) is 11.8 Å². The molecule has 0 radical (unpaired) electrons. The Morgan fingerprint density at radius 1 is 1.30 bits per heavy atom. The first kappa shape index (κ1) is 19.4. The molecule has 23 heavy (non-hydrogen) atoms. The fourth-order valence-corrected chi connectivity index (χ4v) is 2.28. The molecular formula is C16H29N3O4. The maximum atomic E-state index is 11.9. The third-order valence-electron chi connectivity index (χ3n) is 3.86. The maximum Gasteiger partial charge on any atom is 0.407 e. The van der Waals surface area contributed by atoms with Crippen molar-refractivity contribution in [2.24, 2.45) is 11.8 Å². The zero-order chi connectivity index (χ0) is 17.8. The van der Waals surface area contributed by atoms with Gasteiger partial charge in [-0.3, -0.25) is 14.5 Å². The summed E-state index contributed by atoms with van der Waals surface area (Å²) in [7, 11) is 1.50. The first-order valence-electron chi connectivity index (χ1n) is 8.02. The second-order valence-electron chi connectivity index (χ2n) is 7.34. The number of nitrogens with zero attached hydrogens (tertiary/aromatic N) is 1. The summed E-state index contributed by atoms with van der Waals surface area (Å²) < 4.78 is 5.22. The molecule has 1 saturated heterocycles. The molecule has 7 nitrogen and oxygen atoms in total. The zero-order valence-electron chi connectivity index (χ0n) is 14.9. The molecule has 2 unspecified atom stereocenters. The first-order chi connectivity index (χ1) is 10.5. The van der Waals surface area contributed by atoms with Crippen molar-refractivity contribution in [3.05, 3.63) is 0 Å². The molecule has 1 aliphatic heterocycles. The number of imide groups is 1. The molecule has 0 bridgehead atoms. The van der Waals surface area contributed by atoms with Gasteiger partial charge in [-0.1, -0.05) is 13.8 Å². The van der Waals surface area contributed by atoms with Crippen LogP contribution >= 0.6 is 0 Å². The lowest BCUT2D eigenvalue weighted by Crippen LogP contribution is -2.44. The van der Waals surface area contributed by atoms with Crippen LogP contribution in [-0.2, 0) is 14.3 Å². The first-order valence-corrected chi connectivity index (χ1v) is 8.02. The van der Waals surface area contributed by atoms with Gasteiger partial charge in [-0.15, -0.1) is 0 Å².